The van der Waals surface area contributed by atoms with Crippen molar-refractivity contribution in [2.45, 2.75) is 40.3 Å². The molecule has 0 saturated heterocycles. The van der Waals surface area contributed by atoms with Crippen LogP contribution in [0.1, 0.15) is 38.2 Å². The fraction of sp³-hybridized carbons (Fsp3) is 0.500. The molecule has 0 bridgehead atoms. The van der Waals surface area contributed by atoms with Gasteiger partial charge in [-0.15, -0.1) is 0 Å². The van der Waals surface area contributed by atoms with E-state index in [4.69, 9.17) is 9.47 Å². The number of hydrogen-bond donors (Lipinski definition) is 2. The molecule has 10 heteroatoms. The summed E-state index contributed by atoms with van der Waals surface area (Å²) in [6.45, 7) is 7.96. The average molecular weight is 475 g/mol. The van der Waals surface area contributed by atoms with Crippen molar-refractivity contribution in [3.8, 4) is 22.8 Å². The first kappa shape index (κ1) is 26.7. The number of aromatic nitrogens is 2. The van der Waals surface area contributed by atoms with Gasteiger partial charge in [0.1, 0.15) is 24.1 Å². The van der Waals surface area contributed by atoms with Crippen molar-refractivity contribution in [3.63, 3.8) is 0 Å². The Labute approximate surface area is 199 Å². The van der Waals surface area contributed by atoms with E-state index in [0.717, 1.165) is 0 Å². The molecule has 10 nitrogen and oxygen atoms in total. The highest BCUT2D eigenvalue weighted by atomic mass is 16.5. The molecule has 2 aromatic rings. The standard InChI is InChI=1S/C24H34N4O6/c1-14(2)13-28-17(21-18(32-5)9-8-10-19(21)33-6)11-16(27-28)23(30)26-22(15(3)4)24(31)25-12-20(29)34-7/h8-11,14-15,22H,12-13H2,1-7H3,(H,25,31)(H,26,30)/t22-/m0/s1. The van der Waals surface area contributed by atoms with Crippen LogP contribution in [0, 0.1) is 11.8 Å². The lowest BCUT2D eigenvalue weighted by Gasteiger charge is -2.20. The number of nitrogens with one attached hydrogen (secondary N) is 2. The van der Waals surface area contributed by atoms with Gasteiger partial charge in [-0.3, -0.25) is 19.1 Å². The Kier molecular flexibility index (Phi) is 9.47. The molecule has 2 amide bonds. The zero-order valence-corrected chi connectivity index (χ0v) is 20.8. The smallest absolute Gasteiger partial charge is 0.325 e. The molecule has 1 aromatic carbocycles. The van der Waals surface area contributed by atoms with Gasteiger partial charge in [-0.05, 0) is 30.0 Å². The summed E-state index contributed by atoms with van der Waals surface area (Å²) in [5, 5.41) is 9.74. The van der Waals surface area contributed by atoms with E-state index in [1.165, 1.54) is 7.11 Å². The van der Waals surface area contributed by atoms with Gasteiger partial charge in [-0.2, -0.15) is 5.10 Å². The van der Waals surface area contributed by atoms with Gasteiger partial charge in [0, 0.05) is 6.54 Å². The lowest BCUT2D eigenvalue weighted by atomic mass is 10.0. The third-order valence-corrected chi connectivity index (χ3v) is 5.11. The largest absolute Gasteiger partial charge is 0.496 e. The zero-order chi connectivity index (χ0) is 25.4. The second kappa shape index (κ2) is 12.1. The maximum atomic E-state index is 13.1. The van der Waals surface area contributed by atoms with Crippen molar-refractivity contribution in [2.24, 2.45) is 11.8 Å². The molecule has 1 aromatic heterocycles. The van der Waals surface area contributed by atoms with Crippen LogP contribution in [-0.2, 0) is 20.9 Å². The van der Waals surface area contributed by atoms with Crippen molar-refractivity contribution in [1.82, 2.24) is 20.4 Å². The van der Waals surface area contributed by atoms with Crippen LogP contribution >= 0.6 is 0 Å². The second-order valence-corrected chi connectivity index (χ2v) is 8.52. The Bertz CT molecular complexity index is 993. The molecule has 34 heavy (non-hydrogen) atoms. The quantitative estimate of drug-likeness (QED) is 0.479. The number of benzene rings is 1. The molecule has 0 fully saturated rings. The minimum atomic E-state index is -0.864. The summed E-state index contributed by atoms with van der Waals surface area (Å²) < 4.78 is 17.4. The first-order valence-electron chi connectivity index (χ1n) is 11.1. The Morgan fingerprint density at radius 3 is 2.15 bits per heavy atom. The number of carbonyl (C=O) groups excluding carboxylic acids is 3. The van der Waals surface area contributed by atoms with Gasteiger partial charge in [0.2, 0.25) is 5.91 Å². The zero-order valence-electron chi connectivity index (χ0n) is 20.8. The molecule has 0 radical (unpaired) electrons. The van der Waals surface area contributed by atoms with Crippen molar-refractivity contribution in [2.75, 3.05) is 27.9 Å². The Balaban J connectivity index is 2.41. The van der Waals surface area contributed by atoms with Gasteiger partial charge in [0.05, 0.1) is 32.6 Å². The van der Waals surface area contributed by atoms with E-state index >= 15 is 0 Å². The van der Waals surface area contributed by atoms with Gasteiger partial charge in [0.15, 0.2) is 5.69 Å². The van der Waals surface area contributed by atoms with E-state index in [2.05, 4.69) is 20.5 Å². The topological polar surface area (TPSA) is 121 Å². The van der Waals surface area contributed by atoms with Gasteiger partial charge >= 0.3 is 5.97 Å². The fourth-order valence-electron chi connectivity index (χ4n) is 3.41. The molecule has 0 spiro atoms. The fourth-order valence-corrected chi connectivity index (χ4v) is 3.41. The minimum absolute atomic E-state index is 0.148. The number of hydrogen-bond acceptors (Lipinski definition) is 7. The highest BCUT2D eigenvalue weighted by Gasteiger charge is 2.28. The molecule has 0 unspecified atom stereocenters. The van der Waals surface area contributed by atoms with Gasteiger partial charge < -0.3 is 24.8 Å². The van der Waals surface area contributed by atoms with Crippen LogP contribution in [0.3, 0.4) is 0 Å². The maximum absolute atomic E-state index is 13.1. The summed E-state index contributed by atoms with van der Waals surface area (Å²) >= 11 is 0. The molecular formula is C24H34N4O6. The molecule has 2 N–H and O–H groups in total. The summed E-state index contributed by atoms with van der Waals surface area (Å²) in [4.78, 5) is 37.1. The van der Waals surface area contributed by atoms with E-state index < -0.39 is 23.8 Å². The Hall–Kier alpha value is -3.56. The predicted molar refractivity (Wildman–Crippen MR) is 127 cm³/mol. The summed E-state index contributed by atoms with van der Waals surface area (Å²) in [7, 11) is 4.36. The van der Waals surface area contributed by atoms with Crippen LogP contribution in [0.2, 0.25) is 0 Å². The van der Waals surface area contributed by atoms with E-state index in [1.807, 2.05) is 32.0 Å². The normalized spacial score (nSPS) is 11.8. The van der Waals surface area contributed by atoms with Crippen LogP contribution in [0.15, 0.2) is 24.3 Å². The van der Waals surface area contributed by atoms with E-state index in [-0.39, 0.29) is 24.1 Å². The minimum Gasteiger partial charge on any atom is -0.496 e. The van der Waals surface area contributed by atoms with Crippen LogP contribution in [-0.4, -0.2) is 61.5 Å². The highest BCUT2D eigenvalue weighted by molar-refractivity contribution is 5.97. The number of rotatable bonds is 11. The highest BCUT2D eigenvalue weighted by Crippen LogP contribution is 2.38. The third kappa shape index (κ3) is 6.49. The molecule has 1 heterocycles. The SMILES string of the molecule is COC(=O)CNC(=O)[C@@H](NC(=O)c1cc(-c2c(OC)cccc2OC)n(CC(C)C)n1)C(C)C. The molecule has 1 atom stereocenters. The van der Waals surface area contributed by atoms with Crippen molar-refractivity contribution >= 4 is 17.8 Å². The van der Waals surface area contributed by atoms with E-state index in [9.17, 15) is 14.4 Å². The van der Waals surface area contributed by atoms with E-state index in [0.29, 0.717) is 29.3 Å². The Morgan fingerprint density at radius 2 is 1.65 bits per heavy atom. The number of methoxy groups -OCH3 is 3. The van der Waals surface area contributed by atoms with E-state index in [1.54, 1.807) is 38.8 Å². The summed E-state index contributed by atoms with van der Waals surface area (Å²) in [5.74, 6) is -0.385. The van der Waals surface area contributed by atoms with Crippen LogP contribution < -0.4 is 20.1 Å². The predicted octanol–water partition coefficient (Wildman–Crippen LogP) is 2.27. The molecule has 0 aliphatic rings. The number of esters is 1. The molecule has 2 rings (SSSR count). The lowest BCUT2D eigenvalue weighted by Crippen LogP contribution is -2.50. The van der Waals surface area contributed by atoms with Crippen molar-refractivity contribution < 1.29 is 28.6 Å². The summed E-state index contributed by atoms with van der Waals surface area (Å²) in [6, 6.07) is 6.23. The lowest BCUT2D eigenvalue weighted by molar-refractivity contribution is -0.141. The molecular weight excluding hydrogens is 440 g/mol. The monoisotopic (exact) mass is 474 g/mol. The molecule has 0 aliphatic carbocycles. The first-order chi connectivity index (χ1) is 16.1. The third-order valence-electron chi connectivity index (χ3n) is 5.11. The Morgan fingerprint density at radius 1 is 1.03 bits per heavy atom. The molecule has 0 saturated carbocycles. The second-order valence-electron chi connectivity index (χ2n) is 8.52. The number of carbonyl (C=O) groups is 3. The number of ether oxygens (including phenoxy) is 3. The maximum Gasteiger partial charge on any atom is 0.325 e. The van der Waals surface area contributed by atoms with Gasteiger partial charge in [-0.25, -0.2) is 0 Å². The van der Waals surface area contributed by atoms with Gasteiger partial charge in [0.25, 0.3) is 5.91 Å². The average Bonchev–Trinajstić information content (AvgIpc) is 3.22. The van der Waals surface area contributed by atoms with Crippen LogP contribution in [0.25, 0.3) is 11.3 Å². The number of nitrogens with zero attached hydrogens (tertiary/aromatic N) is 2. The first-order valence-corrected chi connectivity index (χ1v) is 11.1. The summed E-state index contributed by atoms with van der Waals surface area (Å²) in [6.07, 6.45) is 0. The molecule has 186 valence electrons. The molecule has 0 aliphatic heterocycles. The number of amides is 2. The summed E-state index contributed by atoms with van der Waals surface area (Å²) in [5.41, 5.74) is 1.48. The van der Waals surface area contributed by atoms with Gasteiger partial charge in [-0.1, -0.05) is 33.8 Å². The van der Waals surface area contributed by atoms with Crippen molar-refractivity contribution in [1.29, 1.82) is 0 Å². The van der Waals surface area contributed by atoms with Crippen LogP contribution in [0.4, 0.5) is 0 Å². The van der Waals surface area contributed by atoms with Crippen LogP contribution in [0.5, 0.6) is 11.5 Å². The van der Waals surface area contributed by atoms with Crippen molar-refractivity contribution in [3.05, 3.63) is 30.0 Å².